The highest BCUT2D eigenvalue weighted by Crippen LogP contribution is 2.34. The zero-order chi connectivity index (χ0) is 14.2. The molecule has 2 aliphatic rings. The molecule has 1 fully saturated rings. The third-order valence-electron chi connectivity index (χ3n) is 4.63. The Labute approximate surface area is 119 Å². The van der Waals surface area contributed by atoms with Gasteiger partial charge >= 0.3 is 0 Å². The SMILES string of the molecule is CC1(Cc2ccccc2F)CN=C(N)N1C1CCCC1. The van der Waals surface area contributed by atoms with E-state index in [-0.39, 0.29) is 11.4 Å². The summed E-state index contributed by atoms with van der Waals surface area (Å²) in [5.41, 5.74) is 6.67. The molecule has 1 saturated carbocycles. The topological polar surface area (TPSA) is 41.6 Å². The highest BCUT2D eigenvalue weighted by molar-refractivity contribution is 5.81. The van der Waals surface area contributed by atoms with Crippen molar-refractivity contribution in [1.29, 1.82) is 0 Å². The van der Waals surface area contributed by atoms with Crippen LogP contribution in [0.3, 0.4) is 0 Å². The molecule has 0 aromatic heterocycles. The van der Waals surface area contributed by atoms with E-state index < -0.39 is 0 Å². The third kappa shape index (κ3) is 2.28. The van der Waals surface area contributed by atoms with Crippen molar-refractivity contribution in [2.45, 2.75) is 50.6 Å². The Morgan fingerprint density at radius 2 is 2.05 bits per heavy atom. The Kier molecular flexibility index (Phi) is 3.40. The molecule has 1 heterocycles. The van der Waals surface area contributed by atoms with Crippen molar-refractivity contribution in [2.75, 3.05) is 6.54 Å². The number of hydrogen-bond donors (Lipinski definition) is 1. The lowest BCUT2D eigenvalue weighted by molar-refractivity contribution is 0.165. The second-order valence-corrected chi connectivity index (χ2v) is 6.25. The van der Waals surface area contributed by atoms with Gasteiger partial charge in [-0.1, -0.05) is 31.0 Å². The quantitative estimate of drug-likeness (QED) is 0.921. The van der Waals surface area contributed by atoms with Crippen molar-refractivity contribution in [3.63, 3.8) is 0 Å². The summed E-state index contributed by atoms with van der Waals surface area (Å²) in [5.74, 6) is 0.501. The summed E-state index contributed by atoms with van der Waals surface area (Å²) in [6.45, 7) is 2.81. The fourth-order valence-corrected chi connectivity index (χ4v) is 3.66. The van der Waals surface area contributed by atoms with Crippen molar-refractivity contribution in [1.82, 2.24) is 4.90 Å². The lowest BCUT2D eigenvalue weighted by Gasteiger charge is -2.40. The lowest BCUT2D eigenvalue weighted by atomic mass is 9.90. The van der Waals surface area contributed by atoms with E-state index in [1.165, 1.54) is 31.7 Å². The monoisotopic (exact) mass is 275 g/mol. The Hall–Kier alpha value is -1.58. The summed E-state index contributed by atoms with van der Waals surface area (Å²) in [5, 5.41) is 0. The Balaban J connectivity index is 1.85. The first kappa shape index (κ1) is 13.4. The van der Waals surface area contributed by atoms with Crippen LogP contribution in [0.1, 0.15) is 38.2 Å². The summed E-state index contributed by atoms with van der Waals surface area (Å²) >= 11 is 0. The van der Waals surface area contributed by atoms with Gasteiger partial charge in [0.15, 0.2) is 5.96 Å². The highest BCUT2D eigenvalue weighted by atomic mass is 19.1. The average Bonchev–Trinajstić information content (AvgIpc) is 3.01. The van der Waals surface area contributed by atoms with Crippen molar-refractivity contribution in [3.8, 4) is 0 Å². The van der Waals surface area contributed by atoms with Gasteiger partial charge in [-0.05, 0) is 31.4 Å². The minimum absolute atomic E-state index is 0.134. The minimum Gasteiger partial charge on any atom is -0.370 e. The van der Waals surface area contributed by atoms with Gasteiger partial charge in [-0.15, -0.1) is 0 Å². The molecule has 4 heteroatoms. The molecule has 2 N–H and O–H groups in total. The van der Waals surface area contributed by atoms with Crippen molar-refractivity contribution >= 4 is 5.96 Å². The summed E-state index contributed by atoms with van der Waals surface area (Å²) < 4.78 is 13.9. The van der Waals surface area contributed by atoms with Crippen LogP contribution in [-0.2, 0) is 6.42 Å². The van der Waals surface area contributed by atoms with Gasteiger partial charge in [0.25, 0.3) is 0 Å². The molecule has 1 aliphatic heterocycles. The molecule has 1 aromatic carbocycles. The predicted octanol–water partition coefficient (Wildman–Crippen LogP) is 2.70. The van der Waals surface area contributed by atoms with Crippen LogP contribution < -0.4 is 5.73 Å². The maximum Gasteiger partial charge on any atom is 0.192 e. The predicted molar refractivity (Wildman–Crippen MR) is 79.1 cm³/mol. The molecule has 0 saturated heterocycles. The van der Waals surface area contributed by atoms with E-state index >= 15 is 0 Å². The lowest BCUT2D eigenvalue weighted by Crippen LogP contribution is -2.55. The van der Waals surface area contributed by atoms with Gasteiger partial charge in [0.1, 0.15) is 5.82 Å². The number of rotatable bonds is 3. The first-order valence-corrected chi connectivity index (χ1v) is 7.43. The van der Waals surface area contributed by atoms with Gasteiger partial charge in [0, 0.05) is 12.5 Å². The number of halogens is 1. The van der Waals surface area contributed by atoms with Crippen LogP contribution in [-0.4, -0.2) is 29.0 Å². The second-order valence-electron chi connectivity index (χ2n) is 6.25. The molecule has 0 amide bonds. The van der Waals surface area contributed by atoms with Crippen LogP contribution in [0.2, 0.25) is 0 Å². The van der Waals surface area contributed by atoms with Crippen molar-refractivity contribution in [3.05, 3.63) is 35.6 Å². The summed E-state index contributed by atoms with van der Waals surface area (Å²) in [6.07, 6.45) is 5.50. The number of benzene rings is 1. The summed E-state index contributed by atoms with van der Waals surface area (Å²) in [4.78, 5) is 6.70. The number of aliphatic imine (C=N–C) groups is 1. The van der Waals surface area contributed by atoms with E-state index in [2.05, 4.69) is 16.8 Å². The van der Waals surface area contributed by atoms with E-state index in [0.29, 0.717) is 25.0 Å². The zero-order valence-electron chi connectivity index (χ0n) is 12.0. The molecule has 1 unspecified atom stereocenters. The smallest absolute Gasteiger partial charge is 0.192 e. The van der Waals surface area contributed by atoms with E-state index in [9.17, 15) is 4.39 Å². The fraction of sp³-hybridized carbons (Fsp3) is 0.562. The van der Waals surface area contributed by atoms with E-state index in [1.54, 1.807) is 6.07 Å². The summed E-state index contributed by atoms with van der Waals surface area (Å²) in [6, 6.07) is 7.48. The van der Waals surface area contributed by atoms with Gasteiger partial charge in [-0.25, -0.2) is 4.39 Å². The van der Waals surface area contributed by atoms with Gasteiger partial charge in [-0.3, -0.25) is 4.99 Å². The van der Waals surface area contributed by atoms with Crippen molar-refractivity contribution in [2.24, 2.45) is 10.7 Å². The van der Waals surface area contributed by atoms with Gasteiger partial charge in [0.2, 0.25) is 0 Å². The normalized spacial score (nSPS) is 27.1. The first-order chi connectivity index (χ1) is 9.60. The van der Waals surface area contributed by atoms with Crippen LogP contribution in [0.25, 0.3) is 0 Å². The van der Waals surface area contributed by atoms with E-state index in [0.717, 1.165) is 5.56 Å². The van der Waals surface area contributed by atoms with Gasteiger partial charge < -0.3 is 10.6 Å². The van der Waals surface area contributed by atoms with Crippen molar-refractivity contribution < 1.29 is 4.39 Å². The molecule has 1 aromatic rings. The molecular formula is C16H22FN3. The largest absolute Gasteiger partial charge is 0.370 e. The van der Waals surface area contributed by atoms with E-state index in [4.69, 9.17) is 5.73 Å². The van der Waals surface area contributed by atoms with Gasteiger partial charge in [0.05, 0.1) is 12.1 Å². The molecular weight excluding hydrogens is 253 g/mol. The van der Waals surface area contributed by atoms with E-state index in [1.807, 2.05) is 12.1 Å². The second kappa shape index (κ2) is 5.08. The average molecular weight is 275 g/mol. The Morgan fingerprint density at radius 3 is 2.75 bits per heavy atom. The molecule has 108 valence electrons. The minimum atomic E-state index is -0.193. The molecule has 0 spiro atoms. The third-order valence-corrected chi connectivity index (χ3v) is 4.63. The molecule has 1 aliphatic carbocycles. The highest BCUT2D eigenvalue weighted by Gasteiger charge is 2.42. The van der Waals surface area contributed by atoms with Crippen LogP contribution in [0, 0.1) is 5.82 Å². The Morgan fingerprint density at radius 1 is 1.35 bits per heavy atom. The molecule has 0 radical (unpaired) electrons. The standard InChI is InChI=1S/C16H22FN3/c1-16(10-12-6-2-5-9-14(12)17)11-19-15(18)20(16)13-7-3-4-8-13/h2,5-6,9,13H,3-4,7-8,10-11H2,1H3,(H2,18,19). The number of nitrogens with zero attached hydrogens (tertiary/aromatic N) is 2. The number of nitrogens with two attached hydrogens (primary N) is 1. The first-order valence-electron chi connectivity index (χ1n) is 7.43. The maximum atomic E-state index is 13.9. The zero-order valence-corrected chi connectivity index (χ0v) is 12.0. The van der Waals surface area contributed by atoms with Crippen LogP contribution in [0.5, 0.6) is 0 Å². The molecule has 3 rings (SSSR count). The molecule has 3 nitrogen and oxygen atoms in total. The van der Waals surface area contributed by atoms with Crippen LogP contribution in [0.15, 0.2) is 29.3 Å². The van der Waals surface area contributed by atoms with Crippen LogP contribution >= 0.6 is 0 Å². The number of guanidine groups is 1. The van der Waals surface area contributed by atoms with Gasteiger partial charge in [-0.2, -0.15) is 0 Å². The number of hydrogen-bond acceptors (Lipinski definition) is 3. The fourth-order valence-electron chi connectivity index (χ4n) is 3.66. The van der Waals surface area contributed by atoms with Crippen LogP contribution in [0.4, 0.5) is 4.39 Å². The molecule has 0 bridgehead atoms. The molecule has 20 heavy (non-hydrogen) atoms. The molecule has 1 atom stereocenters. The maximum absolute atomic E-state index is 13.9. The Bertz CT molecular complexity index is 522. The summed E-state index contributed by atoms with van der Waals surface area (Å²) in [7, 11) is 0.